The topological polar surface area (TPSA) is 155 Å². The maximum atomic E-state index is 14.8. The van der Waals surface area contributed by atoms with Crippen LogP contribution in [-0.2, 0) is 24.4 Å². The maximum Gasteiger partial charge on any atom is 0.251 e. The minimum atomic E-state index is -4.43. The van der Waals surface area contributed by atoms with Crippen LogP contribution in [0.3, 0.4) is 0 Å². The van der Waals surface area contributed by atoms with Gasteiger partial charge in [0, 0.05) is 28.9 Å². The van der Waals surface area contributed by atoms with Crippen LogP contribution in [0.15, 0.2) is 76.8 Å². The van der Waals surface area contributed by atoms with E-state index in [9.17, 15) is 32.5 Å². The molecule has 13 heteroatoms. The van der Waals surface area contributed by atoms with Crippen molar-refractivity contribution in [1.29, 1.82) is 5.26 Å². The second kappa shape index (κ2) is 12.3. The number of halogens is 2. The second-order valence-corrected chi connectivity index (χ2v) is 10.7. The second-order valence-electron chi connectivity index (χ2n) is 8.75. The van der Waals surface area contributed by atoms with Gasteiger partial charge in [-0.1, -0.05) is 36.4 Å². The summed E-state index contributed by atoms with van der Waals surface area (Å²) < 4.78 is 39.0. The zero-order chi connectivity index (χ0) is 29.8. The Morgan fingerprint density at radius 3 is 2.62 bits per heavy atom. The molecule has 0 bridgehead atoms. The van der Waals surface area contributed by atoms with Crippen molar-refractivity contribution in [2.24, 2.45) is 5.14 Å². The molecule has 2 aromatic rings. The number of anilines is 2. The third kappa shape index (κ3) is 6.34. The lowest BCUT2D eigenvalue weighted by Gasteiger charge is -2.35. The number of nitrogens with zero attached hydrogens (tertiary/aromatic N) is 4. The number of hydrogen-bond donors (Lipinski definition) is 1. The predicted octanol–water partition coefficient (Wildman–Crippen LogP) is 3.48. The molecule has 10 nitrogen and oxygen atoms in total. The van der Waals surface area contributed by atoms with E-state index in [1.807, 2.05) is 6.07 Å². The van der Waals surface area contributed by atoms with Crippen LogP contribution in [-0.4, -0.2) is 43.1 Å². The van der Waals surface area contributed by atoms with Gasteiger partial charge in [-0.05, 0) is 50.6 Å². The van der Waals surface area contributed by atoms with Crippen LogP contribution >= 0.6 is 11.6 Å². The van der Waals surface area contributed by atoms with Crippen molar-refractivity contribution in [2.75, 3.05) is 9.80 Å². The van der Waals surface area contributed by atoms with Gasteiger partial charge >= 0.3 is 0 Å². The Bertz CT molecular complexity index is 1600. The van der Waals surface area contributed by atoms with Crippen LogP contribution in [0.25, 0.3) is 0 Å². The summed E-state index contributed by atoms with van der Waals surface area (Å²) in [7, 11) is -4.43. The van der Waals surface area contributed by atoms with E-state index in [2.05, 4.69) is 11.6 Å². The Morgan fingerprint density at radius 1 is 1.35 bits per heavy atom. The number of benzene rings is 1. The van der Waals surface area contributed by atoms with Gasteiger partial charge in [0.1, 0.15) is 23.7 Å². The first-order valence-electron chi connectivity index (χ1n) is 11.8. The van der Waals surface area contributed by atoms with Crippen molar-refractivity contribution in [3.05, 3.63) is 83.3 Å². The number of amides is 2. The Labute approximate surface area is 235 Å². The summed E-state index contributed by atoms with van der Waals surface area (Å²) in [6.45, 7) is 6.44. The molecule has 2 heterocycles. The van der Waals surface area contributed by atoms with E-state index in [0.29, 0.717) is 6.07 Å². The van der Waals surface area contributed by atoms with Crippen molar-refractivity contribution in [3.63, 3.8) is 0 Å². The molecule has 2 N–H and O–H groups in total. The number of primary sulfonamides is 1. The molecular formula is C27H25ClFN5O5S. The molecule has 1 aliphatic rings. The van der Waals surface area contributed by atoms with E-state index in [-0.39, 0.29) is 40.5 Å². The average molecular weight is 586 g/mol. The standard InChI is InChI=1S/C27H25ClFN5O5S/c1-4-6-21(22(28)5-2)26(16(3)35)33(19-12-18(29)13-20(14-19)40(31,38)39)27(37)23-7-8-25(36)34(23)24-11-17(15-30)9-10-32-24/h4-6,9-14,23,26H,2,7-8H2,1,3H3,(H2,31,38,39)/b6-4-,22-21-/t23-,26?/m0/s1. The van der Waals surface area contributed by atoms with Crippen LogP contribution in [0.5, 0.6) is 0 Å². The van der Waals surface area contributed by atoms with Gasteiger partial charge in [0.05, 0.1) is 16.5 Å². The number of rotatable bonds is 9. The molecule has 1 aliphatic heterocycles. The fraction of sp³-hybridized carbons (Fsp3) is 0.222. The molecule has 1 fully saturated rings. The van der Waals surface area contributed by atoms with Gasteiger partial charge in [-0.3, -0.25) is 24.2 Å². The first-order valence-corrected chi connectivity index (χ1v) is 13.8. The normalized spacial score (nSPS) is 16.9. The van der Waals surface area contributed by atoms with E-state index >= 15 is 0 Å². The van der Waals surface area contributed by atoms with Crippen LogP contribution < -0.4 is 14.9 Å². The van der Waals surface area contributed by atoms with Crippen molar-refractivity contribution in [3.8, 4) is 6.07 Å². The molecule has 3 rings (SSSR count). The lowest BCUT2D eigenvalue weighted by Crippen LogP contribution is -2.54. The molecule has 40 heavy (non-hydrogen) atoms. The number of hydrogen-bond acceptors (Lipinski definition) is 7. The van der Waals surface area contributed by atoms with Crippen molar-refractivity contribution < 1.29 is 27.2 Å². The lowest BCUT2D eigenvalue weighted by atomic mass is 9.97. The third-order valence-electron chi connectivity index (χ3n) is 6.06. The van der Waals surface area contributed by atoms with Gasteiger partial charge in [-0.25, -0.2) is 22.9 Å². The van der Waals surface area contributed by atoms with Crippen molar-refractivity contribution in [2.45, 2.75) is 43.7 Å². The summed E-state index contributed by atoms with van der Waals surface area (Å²) in [5, 5.41) is 14.5. The summed E-state index contributed by atoms with van der Waals surface area (Å²) >= 11 is 6.39. The smallest absolute Gasteiger partial charge is 0.251 e. The first-order chi connectivity index (χ1) is 18.8. The van der Waals surface area contributed by atoms with E-state index < -0.39 is 50.4 Å². The average Bonchev–Trinajstić information content (AvgIpc) is 3.30. The number of ketones is 1. The highest BCUT2D eigenvalue weighted by atomic mass is 35.5. The summed E-state index contributed by atoms with van der Waals surface area (Å²) in [5.74, 6) is -2.95. The highest BCUT2D eigenvalue weighted by Crippen LogP contribution is 2.33. The van der Waals surface area contributed by atoms with Crippen molar-refractivity contribution in [1.82, 2.24) is 4.98 Å². The van der Waals surface area contributed by atoms with E-state index in [4.69, 9.17) is 16.7 Å². The Hall–Kier alpha value is -4.18. The molecule has 1 unspecified atom stereocenters. The fourth-order valence-electron chi connectivity index (χ4n) is 4.38. The largest absolute Gasteiger partial charge is 0.297 e. The first kappa shape index (κ1) is 30.4. The van der Waals surface area contributed by atoms with Crippen LogP contribution in [0.4, 0.5) is 15.9 Å². The minimum absolute atomic E-state index is 0.00177. The van der Waals surface area contributed by atoms with Crippen LogP contribution in [0, 0.1) is 17.1 Å². The lowest BCUT2D eigenvalue weighted by molar-refractivity contribution is -0.124. The number of nitriles is 1. The van der Waals surface area contributed by atoms with Crippen LogP contribution in [0.2, 0.25) is 0 Å². The zero-order valence-electron chi connectivity index (χ0n) is 21.5. The summed E-state index contributed by atoms with van der Waals surface area (Å²) in [5.41, 5.74) is -0.0157. The highest BCUT2D eigenvalue weighted by Gasteiger charge is 2.44. The molecule has 208 valence electrons. The van der Waals surface area contributed by atoms with E-state index in [0.717, 1.165) is 21.9 Å². The number of allylic oxidation sites excluding steroid dienone is 3. The maximum absolute atomic E-state index is 14.8. The molecule has 2 amide bonds. The summed E-state index contributed by atoms with van der Waals surface area (Å²) in [4.78, 5) is 45.9. The predicted molar refractivity (Wildman–Crippen MR) is 147 cm³/mol. The molecule has 1 saturated heterocycles. The van der Waals surface area contributed by atoms with E-state index in [1.165, 1.54) is 37.4 Å². The SMILES string of the molecule is C=C/C(Cl)=C(\C=C/C)C(C(C)=O)N(C(=O)[C@@H]1CCC(=O)N1c1cc(C#N)ccn1)c1cc(F)cc(S(N)(=O)=O)c1. The number of aromatic nitrogens is 1. The van der Waals surface area contributed by atoms with Gasteiger partial charge in [-0.15, -0.1) is 0 Å². The number of sulfonamides is 1. The summed E-state index contributed by atoms with van der Waals surface area (Å²) in [6, 6.07) is 4.46. The van der Waals surface area contributed by atoms with Gasteiger partial charge < -0.3 is 0 Å². The third-order valence-corrected chi connectivity index (χ3v) is 7.32. The fourth-order valence-corrected chi connectivity index (χ4v) is 5.11. The number of carbonyl (C=O) groups is 3. The minimum Gasteiger partial charge on any atom is -0.297 e. The molecule has 0 spiro atoms. The van der Waals surface area contributed by atoms with Crippen LogP contribution in [0.1, 0.15) is 32.3 Å². The van der Waals surface area contributed by atoms with E-state index in [1.54, 1.807) is 13.0 Å². The zero-order valence-corrected chi connectivity index (χ0v) is 23.1. The monoisotopic (exact) mass is 585 g/mol. The molecule has 0 saturated carbocycles. The van der Waals surface area contributed by atoms with Gasteiger partial charge in [0.25, 0.3) is 5.91 Å². The van der Waals surface area contributed by atoms with Crippen molar-refractivity contribution >= 4 is 50.7 Å². The molecule has 0 radical (unpaired) electrons. The number of nitrogens with two attached hydrogens (primary N) is 1. The number of Topliss-reactive ketones (excluding diaryl/α,β-unsaturated/α-hetero) is 1. The van der Waals surface area contributed by atoms with Gasteiger partial charge in [0.15, 0.2) is 5.78 Å². The number of carbonyl (C=O) groups excluding carboxylic acids is 3. The molecule has 1 aromatic heterocycles. The number of pyridine rings is 1. The highest BCUT2D eigenvalue weighted by molar-refractivity contribution is 7.89. The Balaban J connectivity index is 2.32. The molecular weight excluding hydrogens is 561 g/mol. The quantitative estimate of drug-likeness (QED) is 0.442. The Kier molecular flexibility index (Phi) is 9.36. The Morgan fingerprint density at radius 2 is 2.05 bits per heavy atom. The molecule has 0 aliphatic carbocycles. The molecule has 2 atom stereocenters. The summed E-state index contributed by atoms with van der Waals surface area (Å²) in [6.07, 6.45) is 5.50. The molecule has 1 aromatic carbocycles. The van der Waals surface area contributed by atoms with Gasteiger partial charge in [0.2, 0.25) is 15.9 Å². The van der Waals surface area contributed by atoms with Gasteiger partial charge in [-0.2, -0.15) is 5.26 Å².